The molecule has 25 heteroatoms. The molecule has 0 aromatic heterocycles. The first-order chi connectivity index (χ1) is 28.0. The van der Waals surface area contributed by atoms with Crippen molar-refractivity contribution in [2.75, 3.05) is 6.61 Å². The van der Waals surface area contributed by atoms with Gasteiger partial charge in [-0.25, -0.2) is 18.4 Å². The van der Waals surface area contributed by atoms with E-state index in [-0.39, 0.29) is 34.0 Å². The molecule has 0 aliphatic rings. The first-order valence-electron chi connectivity index (χ1n) is 16.2. The lowest BCUT2D eigenvalue weighted by atomic mass is 10.1. The van der Waals surface area contributed by atoms with E-state index in [0.29, 0.717) is 0 Å². The number of esters is 2. The normalized spacial score (nSPS) is 13.4. The smallest absolute Gasteiger partial charge is 0.460 e. The number of alkyl halides is 17. The minimum Gasteiger partial charge on any atom is -0.487 e. The van der Waals surface area contributed by atoms with Gasteiger partial charge in [0.05, 0.1) is 29.1 Å². The Morgan fingerprint density at radius 2 is 0.902 bits per heavy atom. The molecule has 4 rings (SSSR count). The standard InChI is InChI=1S/C36H21F17N2O6/c37-29(38)31(41,42)32(43,44)30(39,40)18-58-24-11-5-21(6-12-24)28(57)61-26-15-9-23(10-16-26)55-54-22-7-13-25(14-8-22)60-27(56)20-3-1-19(2-4-20)17-59-36(52,53)34(47,48)33(45,46)35(49,50)51/h1-16,29H,17-18H2/b55-54+. The van der Waals surface area contributed by atoms with E-state index in [1.165, 1.54) is 48.5 Å². The molecule has 0 amide bonds. The average Bonchev–Trinajstić information content (AvgIpc) is 3.19. The molecule has 330 valence electrons. The molecule has 0 saturated heterocycles. The number of benzene rings is 4. The lowest BCUT2D eigenvalue weighted by Gasteiger charge is -2.33. The number of rotatable bonds is 17. The van der Waals surface area contributed by atoms with Crippen molar-refractivity contribution in [3.63, 3.8) is 0 Å². The highest BCUT2D eigenvalue weighted by Crippen LogP contribution is 2.53. The molecular formula is C36H21F17N2O6. The first-order valence-corrected chi connectivity index (χ1v) is 16.2. The van der Waals surface area contributed by atoms with Crippen molar-refractivity contribution < 1.29 is 103 Å². The summed E-state index contributed by atoms with van der Waals surface area (Å²) >= 11 is 0. The summed E-state index contributed by atoms with van der Waals surface area (Å²) in [5.41, 5.74) is -0.457. The minimum atomic E-state index is -7.13. The van der Waals surface area contributed by atoms with Gasteiger partial charge in [0.1, 0.15) is 17.2 Å². The van der Waals surface area contributed by atoms with Crippen LogP contribution >= 0.6 is 0 Å². The van der Waals surface area contributed by atoms with Gasteiger partial charge in [-0.3, -0.25) is 0 Å². The molecule has 4 aromatic rings. The molecule has 0 heterocycles. The fraction of sp³-hybridized carbons (Fsp3) is 0.278. The summed E-state index contributed by atoms with van der Waals surface area (Å²) in [7, 11) is 0. The van der Waals surface area contributed by atoms with Crippen molar-refractivity contribution in [3.05, 3.63) is 114 Å². The molecule has 8 nitrogen and oxygen atoms in total. The van der Waals surface area contributed by atoms with E-state index in [1.807, 2.05) is 0 Å². The van der Waals surface area contributed by atoms with Gasteiger partial charge in [0, 0.05) is 0 Å². The Bertz CT molecular complexity index is 2160. The van der Waals surface area contributed by atoms with Crippen molar-refractivity contribution in [2.45, 2.75) is 54.9 Å². The Kier molecular flexibility index (Phi) is 13.7. The third kappa shape index (κ3) is 10.5. The van der Waals surface area contributed by atoms with Gasteiger partial charge < -0.3 is 18.9 Å². The average molecular weight is 901 g/mol. The number of carbonyl (C=O) groups excluding carboxylic acids is 2. The third-order valence-electron chi connectivity index (χ3n) is 7.76. The Labute approximate surface area is 329 Å². The molecule has 0 radical (unpaired) electrons. The van der Waals surface area contributed by atoms with Crippen molar-refractivity contribution in [1.82, 2.24) is 0 Å². The summed E-state index contributed by atoms with van der Waals surface area (Å²) in [4.78, 5) is 24.9. The largest absolute Gasteiger partial charge is 0.487 e. The summed E-state index contributed by atoms with van der Waals surface area (Å²) in [5.74, 6) is -35.4. The van der Waals surface area contributed by atoms with E-state index in [1.54, 1.807) is 0 Å². The molecule has 0 N–H and O–H groups in total. The van der Waals surface area contributed by atoms with Gasteiger partial charge in [0.25, 0.3) is 0 Å². The number of nitrogens with zero attached hydrogens (tertiary/aromatic N) is 2. The number of hydrogen-bond donors (Lipinski definition) is 0. The van der Waals surface area contributed by atoms with Crippen LogP contribution in [0.15, 0.2) is 107 Å². The fourth-order valence-corrected chi connectivity index (χ4v) is 4.30. The maximum Gasteiger partial charge on any atom is 0.460 e. The van der Waals surface area contributed by atoms with Crippen LogP contribution in [0.3, 0.4) is 0 Å². The maximum absolute atomic E-state index is 13.7. The molecule has 0 bridgehead atoms. The Hall–Kier alpha value is -6.01. The van der Waals surface area contributed by atoms with Gasteiger partial charge >= 0.3 is 60.3 Å². The summed E-state index contributed by atoms with van der Waals surface area (Å²) in [6, 6.07) is 17.5. The molecular weight excluding hydrogens is 879 g/mol. The highest BCUT2D eigenvalue weighted by atomic mass is 19.4. The van der Waals surface area contributed by atoms with E-state index in [2.05, 4.69) is 19.7 Å². The zero-order chi connectivity index (χ0) is 45.8. The van der Waals surface area contributed by atoms with Gasteiger partial charge in [0.2, 0.25) is 0 Å². The summed E-state index contributed by atoms with van der Waals surface area (Å²) in [6.07, 6.45) is -18.4. The first kappa shape index (κ1) is 47.7. The van der Waals surface area contributed by atoms with Crippen molar-refractivity contribution in [3.8, 4) is 17.2 Å². The van der Waals surface area contributed by atoms with Gasteiger partial charge in [-0.2, -0.15) is 76.1 Å². The Morgan fingerprint density at radius 3 is 1.30 bits per heavy atom. The van der Waals surface area contributed by atoms with Crippen LogP contribution in [0, 0.1) is 0 Å². The summed E-state index contributed by atoms with van der Waals surface area (Å²) in [6.45, 7) is -3.97. The number of azo groups is 1. The van der Waals surface area contributed by atoms with Crippen molar-refractivity contribution in [2.24, 2.45) is 10.2 Å². The molecule has 0 aliphatic heterocycles. The van der Waals surface area contributed by atoms with Crippen LogP contribution in [0.4, 0.5) is 86.0 Å². The van der Waals surface area contributed by atoms with Crippen LogP contribution in [-0.2, 0) is 11.3 Å². The number of ether oxygens (including phenoxy) is 4. The zero-order valence-corrected chi connectivity index (χ0v) is 29.5. The molecule has 0 spiro atoms. The van der Waals surface area contributed by atoms with E-state index in [4.69, 9.17) is 9.47 Å². The van der Waals surface area contributed by atoms with Gasteiger partial charge in [-0.05, 0) is 90.5 Å². The summed E-state index contributed by atoms with van der Waals surface area (Å²) in [5, 5.41) is 7.89. The molecule has 0 fully saturated rings. The van der Waals surface area contributed by atoms with E-state index < -0.39 is 84.8 Å². The molecule has 0 aliphatic carbocycles. The number of halogens is 17. The Morgan fingerprint density at radius 1 is 0.508 bits per heavy atom. The van der Waals surface area contributed by atoms with Crippen LogP contribution in [-0.4, -0.2) is 66.9 Å². The highest BCUT2D eigenvalue weighted by molar-refractivity contribution is 5.91. The summed E-state index contributed by atoms with van der Waals surface area (Å²) < 4.78 is 240. The van der Waals surface area contributed by atoms with Crippen LogP contribution in [0.5, 0.6) is 17.2 Å². The van der Waals surface area contributed by atoms with Crippen LogP contribution in [0.2, 0.25) is 0 Å². The molecule has 0 unspecified atom stereocenters. The van der Waals surface area contributed by atoms with Gasteiger partial charge in [0.15, 0.2) is 6.61 Å². The molecule has 61 heavy (non-hydrogen) atoms. The van der Waals surface area contributed by atoms with Crippen LogP contribution in [0.25, 0.3) is 0 Å². The van der Waals surface area contributed by atoms with Crippen LogP contribution < -0.4 is 14.2 Å². The second-order valence-electron chi connectivity index (χ2n) is 12.1. The second-order valence-corrected chi connectivity index (χ2v) is 12.1. The topological polar surface area (TPSA) is 95.8 Å². The lowest BCUT2D eigenvalue weighted by molar-refractivity contribution is -0.446. The van der Waals surface area contributed by atoms with Gasteiger partial charge in [-0.15, -0.1) is 0 Å². The highest BCUT2D eigenvalue weighted by Gasteiger charge is 2.83. The van der Waals surface area contributed by atoms with Crippen molar-refractivity contribution in [1.29, 1.82) is 0 Å². The fourth-order valence-electron chi connectivity index (χ4n) is 4.30. The SMILES string of the molecule is O=C(Oc1ccc(/N=N/c2ccc(OC(=O)c3ccc(OCC(F)(F)C(F)(F)C(F)(F)C(F)F)cc3)cc2)cc1)c1ccc(COC(F)(F)C(F)(F)C(F)(F)C(F)(F)F)cc1. The third-order valence-corrected chi connectivity index (χ3v) is 7.76. The van der Waals surface area contributed by atoms with E-state index in [9.17, 15) is 84.2 Å². The van der Waals surface area contributed by atoms with Gasteiger partial charge in [-0.1, -0.05) is 12.1 Å². The number of hydrogen-bond acceptors (Lipinski definition) is 8. The minimum absolute atomic E-state index is 0.0429. The van der Waals surface area contributed by atoms with E-state index in [0.717, 1.165) is 48.5 Å². The zero-order valence-electron chi connectivity index (χ0n) is 29.5. The second kappa shape index (κ2) is 17.5. The Balaban J connectivity index is 1.26. The molecule has 0 atom stereocenters. The molecule has 0 saturated carbocycles. The predicted octanol–water partition coefficient (Wildman–Crippen LogP) is 12.0. The van der Waals surface area contributed by atoms with Crippen LogP contribution in [0.1, 0.15) is 26.3 Å². The monoisotopic (exact) mass is 900 g/mol. The van der Waals surface area contributed by atoms with E-state index >= 15 is 0 Å². The maximum atomic E-state index is 13.7. The lowest BCUT2D eigenvalue weighted by Crippen LogP contribution is -2.61. The molecule has 4 aromatic carbocycles. The van der Waals surface area contributed by atoms with Crippen molar-refractivity contribution >= 4 is 23.3 Å². The predicted molar refractivity (Wildman–Crippen MR) is 172 cm³/mol. The number of carbonyl (C=O) groups is 2. The quantitative estimate of drug-likeness (QED) is 0.0453.